The van der Waals surface area contributed by atoms with Crippen molar-refractivity contribution in [3.05, 3.63) is 34.7 Å². The highest BCUT2D eigenvalue weighted by atomic mass is 32.1. The van der Waals surface area contributed by atoms with Crippen LogP contribution in [-0.4, -0.2) is 10.1 Å². The summed E-state index contributed by atoms with van der Waals surface area (Å²) >= 11 is 1.47. The summed E-state index contributed by atoms with van der Waals surface area (Å²) in [6, 6.07) is 6.43. The Morgan fingerprint density at radius 3 is 2.41 bits per heavy atom. The predicted octanol–water partition coefficient (Wildman–Crippen LogP) is 4.12. The first-order chi connectivity index (χ1) is 7.88. The summed E-state index contributed by atoms with van der Waals surface area (Å²) in [5.74, 6) is 0.101. The van der Waals surface area contributed by atoms with Gasteiger partial charge in [-0.2, -0.15) is 0 Å². The molecule has 0 aliphatic carbocycles. The highest BCUT2D eigenvalue weighted by Gasteiger charge is 2.15. The summed E-state index contributed by atoms with van der Waals surface area (Å²) in [4.78, 5) is 4.11. The number of aryl methyl sites for hydroxylation is 1. The van der Waals surface area contributed by atoms with E-state index in [-0.39, 0.29) is 11.3 Å². The lowest BCUT2D eigenvalue weighted by molar-refractivity contribution is 0.458. The maximum absolute atomic E-state index is 9.29. The molecule has 0 spiro atoms. The zero-order chi connectivity index (χ0) is 12.6. The van der Waals surface area contributed by atoms with Crippen LogP contribution in [0.25, 0.3) is 10.6 Å². The summed E-state index contributed by atoms with van der Waals surface area (Å²) in [7, 11) is 0. The number of thiazole rings is 1. The van der Waals surface area contributed by atoms with Crippen LogP contribution in [0.4, 0.5) is 0 Å². The fourth-order valence-electron chi connectivity index (χ4n) is 1.76. The van der Waals surface area contributed by atoms with Crippen molar-refractivity contribution >= 4 is 11.3 Å². The molecule has 0 unspecified atom stereocenters. The number of rotatable bonds is 1. The minimum absolute atomic E-state index is 0.101. The molecule has 3 heteroatoms. The third-order valence-electron chi connectivity index (χ3n) is 2.81. The van der Waals surface area contributed by atoms with E-state index in [4.69, 9.17) is 0 Å². The molecule has 0 aliphatic heterocycles. The van der Waals surface area contributed by atoms with Gasteiger partial charge in [0.1, 0.15) is 5.01 Å². The molecule has 90 valence electrons. The Balaban J connectivity index is 2.45. The number of benzene rings is 1. The van der Waals surface area contributed by atoms with Crippen molar-refractivity contribution in [3.8, 4) is 16.5 Å². The van der Waals surface area contributed by atoms with E-state index >= 15 is 0 Å². The van der Waals surface area contributed by atoms with E-state index in [1.54, 1.807) is 5.38 Å². The standard InChI is InChI=1S/C14H17NOS/c1-9-7-10(14(2,3)4)5-6-11(9)13-15-12(16)8-17-13/h5-8,16H,1-4H3. The molecule has 0 atom stereocenters. The van der Waals surface area contributed by atoms with Gasteiger partial charge >= 0.3 is 0 Å². The van der Waals surface area contributed by atoms with E-state index < -0.39 is 0 Å². The molecule has 1 heterocycles. The lowest BCUT2D eigenvalue weighted by Crippen LogP contribution is -2.11. The van der Waals surface area contributed by atoms with Crippen LogP contribution >= 0.6 is 11.3 Å². The number of hydrogen-bond donors (Lipinski definition) is 1. The van der Waals surface area contributed by atoms with Gasteiger partial charge in [0.2, 0.25) is 5.88 Å². The van der Waals surface area contributed by atoms with Crippen LogP contribution < -0.4 is 0 Å². The Morgan fingerprint density at radius 2 is 1.94 bits per heavy atom. The van der Waals surface area contributed by atoms with Crippen molar-refractivity contribution in [2.24, 2.45) is 0 Å². The molecular formula is C14H17NOS. The molecule has 0 aliphatic rings. The molecule has 2 aromatic rings. The largest absolute Gasteiger partial charge is 0.493 e. The van der Waals surface area contributed by atoms with Crippen molar-refractivity contribution in [2.75, 3.05) is 0 Å². The summed E-state index contributed by atoms with van der Waals surface area (Å²) in [5.41, 5.74) is 3.78. The van der Waals surface area contributed by atoms with Gasteiger partial charge in [0.05, 0.1) is 5.38 Å². The Kier molecular flexibility index (Phi) is 2.96. The lowest BCUT2D eigenvalue weighted by atomic mass is 9.85. The Hall–Kier alpha value is -1.35. The van der Waals surface area contributed by atoms with Crippen LogP contribution in [0.2, 0.25) is 0 Å². The molecule has 2 rings (SSSR count). The minimum Gasteiger partial charge on any atom is -0.493 e. The molecule has 0 bridgehead atoms. The summed E-state index contributed by atoms with van der Waals surface area (Å²) < 4.78 is 0. The predicted molar refractivity (Wildman–Crippen MR) is 72.7 cm³/mol. The fraction of sp³-hybridized carbons (Fsp3) is 0.357. The average molecular weight is 247 g/mol. The number of hydrogen-bond acceptors (Lipinski definition) is 3. The molecule has 0 saturated carbocycles. The van der Waals surface area contributed by atoms with Gasteiger partial charge in [-0.15, -0.1) is 11.3 Å². The van der Waals surface area contributed by atoms with Gasteiger partial charge in [0.15, 0.2) is 0 Å². The van der Waals surface area contributed by atoms with Gasteiger partial charge in [-0.05, 0) is 23.5 Å². The second kappa shape index (κ2) is 4.15. The Morgan fingerprint density at radius 1 is 1.24 bits per heavy atom. The molecule has 0 amide bonds. The van der Waals surface area contributed by atoms with E-state index in [9.17, 15) is 5.11 Å². The van der Waals surface area contributed by atoms with Crippen LogP contribution in [0.5, 0.6) is 5.88 Å². The van der Waals surface area contributed by atoms with Crippen LogP contribution in [0.1, 0.15) is 31.9 Å². The van der Waals surface area contributed by atoms with Gasteiger partial charge in [0, 0.05) is 5.56 Å². The topological polar surface area (TPSA) is 33.1 Å². The van der Waals surface area contributed by atoms with E-state index in [1.165, 1.54) is 22.5 Å². The fourth-order valence-corrected chi connectivity index (χ4v) is 2.53. The van der Waals surface area contributed by atoms with Gasteiger partial charge < -0.3 is 5.11 Å². The van der Waals surface area contributed by atoms with Gasteiger partial charge in [-0.1, -0.05) is 39.0 Å². The third-order valence-corrected chi connectivity index (χ3v) is 3.68. The van der Waals surface area contributed by atoms with Crippen molar-refractivity contribution in [2.45, 2.75) is 33.1 Å². The van der Waals surface area contributed by atoms with E-state index in [0.29, 0.717) is 0 Å². The van der Waals surface area contributed by atoms with Gasteiger partial charge in [0.25, 0.3) is 0 Å². The molecule has 1 N–H and O–H groups in total. The Labute approximate surface area is 106 Å². The molecule has 1 aromatic carbocycles. The molecular weight excluding hydrogens is 230 g/mol. The van der Waals surface area contributed by atoms with Crippen LogP contribution in [0.15, 0.2) is 23.6 Å². The van der Waals surface area contributed by atoms with Crippen molar-refractivity contribution < 1.29 is 5.11 Å². The van der Waals surface area contributed by atoms with Gasteiger partial charge in [-0.3, -0.25) is 0 Å². The smallest absolute Gasteiger partial charge is 0.222 e. The van der Waals surface area contributed by atoms with Crippen molar-refractivity contribution in [3.63, 3.8) is 0 Å². The highest BCUT2D eigenvalue weighted by molar-refractivity contribution is 7.13. The van der Waals surface area contributed by atoms with Crippen LogP contribution in [0, 0.1) is 6.92 Å². The Bertz CT molecular complexity index is 537. The van der Waals surface area contributed by atoms with Crippen molar-refractivity contribution in [1.29, 1.82) is 0 Å². The first kappa shape index (κ1) is 12.1. The summed E-state index contributed by atoms with van der Waals surface area (Å²) in [5, 5.41) is 11.8. The van der Waals surface area contributed by atoms with E-state index in [1.807, 2.05) is 0 Å². The first-order valence-electron chi connectivity index (χ1n) is 5.64. The zero-order valence-electron chi connectivity index (χ0n) is 10.6. The molecule has 0 radical (unpaired) electrons. The highest BCUT2D eigenvalue weighted by Crippen LogP contribution is 2.32. The zero-order valence-corrected chi connectivity index (χ0v) is 11.4. The van der Waals surface area contributed by atoms with Gasteiger partial charge in [-0.25, -0.2) is 4.98 Å². The normalized spacial score (nSPS) is 11.8. The molecule has 2 nitrogen and oxygen atoms in total. The first-order valence-corrected chi connectivity index (χ1v) is 6.52. The number of aromatic nitrogens is 1. The third kappa shape index (κ3) is 2.50. The second-order valence-electron chi connectivity index (χ2n) is 5.29. The second-order valence-corrected chi connectivity index (χ2v) is 6.15. The van der Waals surface area contributed by atoms with E-state index in [0.717, 1.165) is 10.6 Å². The van der Waals surface area contributed by atoms with Crippen LogP contribution in [0.3, 0.4) is 0 Å². The SMILES string of the molecule is Cc1cc(C(C)(C)C)ccc1-c1nc(O)cs1. The maximum atomic E-state index is 9.29. The molecule has 1 aromatic heterocycles. The summed E-state index contributed by atoms with van der Waals surface area (Å²) in [6.07, 6.45) is 0. The van der Waals surface area contributed by atoms with Crippen molar-refractivity contribution in [1.82, 2.24) is 4.98 Å². The molecule has 0 saturated heterocycles. The summed E-state index contributed by atoms with van der Waals surface area (Å²) in [6.45, 7) is 8.70. The van der Waals surface area contributed by atoms with Crippen LogP contribution in [-0.2, 0) is 5.41 Å². The number of nitrogens with zero attached hydrogens (tertiary/aromatic N) is 1. The monoisotopic (exact) mass is 247 g/mol. The molecule has 0 fully saturated rings. The lowest BCUT2D eigenvalue weighted by Gasteiger charge is -2.20. The van der Waals surface area contributed by atoms with E-state index in [2.05, 4.69) is 50.9 Å². The average Bonchev–Trinajstić information content (AvgIpc) is 2.63. The minimum atomic E-state index is 0.101. The quantitative estimate of drug-likeness (QED) is 0.822. The maximum Gasteiger partial charge on any atom is 0.222 e. The molecule has 17 heavy (non-hydrogen) atoms. The number of aromatic hydroxyl groups is 1.